The largest absolute Gasteiger partial charge is 0.417 e. The van der Waals surface area contributed by atoms with Crippen molar-refractivity contribution >= 4 is 5.71 Å². The number of alkyl halides is 3. The molecular formula is C9H8F3NO. The van der Waals surface area contributed by atoms with E-state index in [1.807, 2.05) is 0 Å². The van der Waals surface area contributed by atoms with Crippen molar-refractivity contribution in [1.82, 2.24) is 0 Å². The molecule has 1 rings (SSSR count). The molecule has 2 nitrogen and oxygen atoms in total. The lowest BCUT2D eigenvalue weighted by Crippen LogP contribution is -2.11. The second-order valence-electron chi connectivity index (χ2n) is 2.73. The minimum atomic E-state index is -4.43. The fourth-order valence-electron chi connectivity index (χ4n) is 1.10. The van der Waals surface area contributed by atoms with Crippen molar-refractivity contribution in [2.45, 2.75) is 13.1 Å². The van der Waals surface area contributed by atoms with Crippen molar-refractivity contribution in [2.24, 2.45) is 5.16 Å². The summed E-state index contributed by atoms with van der Waals surface area (Å²) in [4.78, 5) is 0. The molecule has 14 heavy (non-hydrogen) atoms. The van der Waals surface area contributed by atoms with Gasteiger partial charge in [0.2, 0.25) is 0 Å². The summed E-state index contributed by atoms with van der Waals surface area (Å²) in [6.07, 6.45) is -4.43. The molecular weight excluding hydrogens is 195 g/mol. The zero-order valence-corrected chi connectivity index (χ0v) is 7.34. The number of hydrogen-bond donors (Lipinski definition) is 1. The number of hydrogen-bond acceptors (Lipinski definition) is 2. The first-order chi connectivity index (χ1) is 6.46. The Hall–Kier alpha value is -1.52. The number of halogens is 3. The molecule has 76 valence electrons. The smallest absolute Gasteiger partial charge is 0.411 e. The number of benzene rings is 1. The molecule has 1 N–H and O–H groups in total. The Morgan fingerprint density at radius 3 is 2.36 bits per heavy atom. The zero-order chi connectivity index (χ0) is 10.8. The van der Waals surface area contributed by atoms with Gasteiger partial charge in [-0.15, -0.1) is 0 Å². The third-order valence-electron chi connectivity index (χ3n) is 1.77. The molecule has 0 fully saturated rings. The topological polar surface area (TPSA) is 32.6 Å². The predicted molar refractivity (Wildman–Crippen MR) is 45.4 cm³/mol. The maximum absolute atomic E-state index is 12.4. The highest BCUT2D eigenvalue weighted by atomic mass is 19.4. The normalized spacial score (nSPS) is 13.0. The van der Waals surface area contributed by atoms with Gasteiger partial charge in [-0.1, -0.05) is 23.4 Å². The molecule has 1 aromatic rings. The molecule has 5 heteroatoms. The predicted octanol–water partition coefficient (Wildman–Crippen LogP) is 2.90. The Morgan fingerprint density at radius 2 is 1.86 bits per heavy atom. The Balaban J connectivity index is 3.31. The van der Waals surface area contributed by atoms with E-state index in [2.05, 4.69) is 5.16 Å². The van der Waals surface area contributed by atoms with Crippen molar-refractivity contribution in [3.63, 3.8) is 0 Å². The molecule has 0 radical (unpaired) electrons. The van der Waals surface area contributed by atoms with E-state index in [-0.39, 0.29) is 11.3 Å². The summed E-state index contributed by atoms with van der Waals surface area (Å²) in [6.45, 7) is 1.31. The van der Waals surface area contributed by atoms with Crippen molar-refractivity contribution < 1.29 is 18.4 Å². The number of nitrogens with zero attached hydrogens (tertiary/aromatic N) is 1. The third-order valence-corrected chi connectivity index (χ3v) is 1.77. The van der Waals surface area contributed by atoms with Crippen molar-refractivity contribution in [2.75, 3.05) is 0 Å². The lowest BCUT2D eigenvalue weighted by molar-refractivity contribution is -0.137. The van der Waals surface area contributed by atoms with E-state index in [1.54, 1.807) is 0 Å². The van der Waals surface area contributed by atoms with E-state index in [0.717, 1.165) is 6.07 Å². The van der Waals surface area contributed by atoms with E-state index >= 15 is 0 Å². The minimum Gasteiger partial charge on any atom is -0.411 e. The lowest BCUT2D eigenvalue weighted by atomic mass is 10.0. The van der Waals surface area contributed by atoms with E-state index in [9.17, 15) is 13.2 Å². The first kappa shape index (κ1) is 10.6. The standard InChI is InChI=1S/C9H8F3NO/c1-6(13-14)7-4-2-3-5-8(7)9(10,11)12/h2-5,14H,1H3/b13-6-. The van der Waals surface area contributed by atoms with Crippen LogP contribution in [0.2, 0.25) is 0 Å². The summed E-state index contributed by atoms with van der Waals surface area (Å²) in [5.41, 5.74) is -0.962. The molecule has 0 unspecified atom stereocenters. The van der Waals surface area contributed by atoms with Crippen LogP contribution in [0.5, 0.6) is 0 Å². The SMILES string of the molecule is C/C(=N/O)c1ccccc1C(F)(F)F. The third kappa shape index (κ3) is 2.04. The van der Waals surface area contributed by atoms with Crippen molar-refractivity contribution in [3.05, 3.63) is 35.4 Å². The van der Waals surface area contributed by atoms with E-state index in [1.165, 1.54) is 25.1 Å². The van der Waals surface area contributed by atoms with E-state index in [4.69, 9.17) is 5.21 Å². The van der Waals surface area contributed by atoms with Gasteiger partial charge in [-0.05, 0) is 13.0 Å². The van der Waals surface area contributed by atoms with Crippen LogP contribution in [0.1, 0.15) is 18.1 Å². The van der Waals surface area contributed by atoms with Gasteiger partial charge in [-0.3, -0.25) is 0 Å². The van der Waals surface area contributed by atoms with Crippen molar-refractivity contribution in [3.8, 4) is 0 Å². The summed E-state index contributed by atoms with van der Waals surface area (Å²) in [6, 6.07) is 4.96. The fraction of sp³-hybridized carbons (Fsp3) is 0.222. The van der Waals surface area contributed by atoms with Gasteiger partial charge in [0.1, 0.15) is 0 Å². The molecule has 0 atom stereocenters. The average molecular weight is 203 g/mol. The molecule has 0 saturated heterocycles. The van der Waals surface area contributed by atoms with Gasteiger partial charge in [0.15, 0.2) is 0 Å². The molecule has 0 amide bonds. The summed E-state index contributed by atoms with van der Waals surface area (Å²) in [5.74, 6) is 0. The molecule has 0 aliphatic rings. The Bertz CT molecular complexity index is 357. The highest BCUT2D eigenvalue weighted by Crippen LogP contribution is 2.31. The van der Waals surface area contributed by atoms with Crippen LogP contribution in [0, 0.1) is 0 Å². The number of rotatable bonds is 1. The van der Waals surface area contributed by atoms with Crippen LogP contribution < -0.4 is 0 Å². The highest BCUT2D eigenvalue weighted by Gasteiger charge is 2.33. The first-order valence-corrected chi connectivity index (χ1v) is 3.82. The maximum Gasteiger partial charge on any atom is 0.417 e. The Labute approximate surface area is 78.7 Å². The second-order valence-corrected chi connectivity index (χ2v) is 2.73. The van der Waals surface area contributed by atoms with Gasteiger partial charge in [-0.25, -0.2) is 0 Å². The summed E-state index contributed by atoms with van der Waals surface area (Å²) in [7, 11) is 0. The Kier molecular flexibility index (Phi) is 2.78. The first-order valence-electron chi connectivity index (χ1n) is 3.82. The molecule has 0 aliphatic carbocycles. The summed E-state index contributed by atoms with van der Waals surface area (Å²) < 4.78 is 37.2. The van der Waals surface area contributed by atoms with Crippen LogP contribution in [0.4, 0.5) is 13.2 Å². The van der Waals surface area contributed by atoms with Gasteiger partial charge in [0.25, 0.3) is 0 Å². The van der Waals surface area contributed by atoms with Crippen LogP contribution in [0.3, 0.4) is 0 Å². The van der Waals surface area contributed by atoms with Crippen LogP contribution >= 0.6 is 0 Å². The van der Waals surface area contributed by atoms with Crippen LogP contribution in [0.25, 0.3) is 0 Å². The number of oxime groups is 1. The molecule has 0 heterocycles. The summed E-state index contributed by atoms with van der Waals surface area (Å²) in [5, 5.41) is 11.1. The average Bonchev–Trinajstić information content (AvgIpc) is 2.15. The molecule has 0 aliphatic heterocycles. The fourth-order valence-corrected chi connectivity index (χ4v) is 1.10. The molecule has 0 bridgehead atoms. The zero-order valence-electron chi connectivity index (χ0n) is 7.34. The van der Waals surface area contributed by atoms with Crippen LogP contribution in [-0.2, 0) is 6.18 Å². The van der Waals surface area contributed by atoms with Gasteiger partial charge in [-0.2, -0.15) is 13.2 Å². The highest BCUT2D eigenvalue weighted by molar-refractivity contribution is 5.99. The quantitative estimate of drug-likeness (QED) is 0.425. The molecule has 0 spiro atoms. The monoisotopic (exact) mass is 203 g/mol. The van der Waals surface area contributed by atoms with Crippen LogP contribution in [-0.4, -0.2) is 10.9 Å². The van der Waals surface area contributed by atoms with Crippen molar-refractivity contribution in [1.29, 1.82) is 0 Å². The molecule has 0 saturated carbocycles. The maximum atomic E-state index is 12.4. The lowest BCUT2D eigenvalue weighted by Gasteiger charge is -2.10. The van der Waals surface area contributed by atoms with E-state index in [0.29, 0.717) is 0 Å². The second kappa shape index (κ2) is 3.69. The Morgan fingerprint density at radius 1 is 1.29 bits per heavy atom. The van der Waals surface area contributed by atoms with Gasteiger partial charge < -0.3 is 5.21 Å². The van der Waals surface area contributed by atoms with Gasteiger partial charge >= 0.3 is 6.18 Å². The molecule has 1 aromatic carbocycles. The summed E-state index contributed by atoms with van der Waals surface area (Å²) >= 11 is 0. The van der Waals surface area contributed by atoms with Gasteiger partial charge in [0.05, 0.1) is 11.3 Å². The van der Waals surface area contributed by atoms with Crippen LogP contribution in [0.15, 0.2) is 29.4 Å². The molecule has 0 aromatic heterocycles. The minimum absolute atomic E-state index is 0.0575. The van der Waals surface area contributed by atoms with Gasteiger partial charge in [0, 0.05) is 5.56 Å². The van der Waals surface area contributed by atoms with E-state index < -0.39 is 11.7 Å².